The van der Waals surface area contributed by atoms with E-state index >= 15 is 0 Å². The van der Waals surface area contributed by atoms with Crippen LogP contribution in [0.1, 0.15) is 196 Å². The predicted molar refractivity (Wildman–Crippen MR) is 215 cm³/mol. The quantitative estimate of drug-likeness (QED) is 0.0352. The molecule has 0 saturated heterocycles. The van der Waals surface area contributed by atoms with Gasteiger partial charge in [0.1, 0.15) is 0 Å². The maximum Gasteiger partial charge on any atom is 0.180 e. The first-order valence-corrected chi connectivity index (χ1v) is 21.8. The van der Waals surface area contributed by atoms with Gasteiger partial charge in [0.15, 0.2) is 25.2 Å². The summed E-state index contributed by atoms with van der Waals surface area (Å²) in [6, 6.07) is 0. The van der Waals surface area contributed by atoms with Crippen LogP contribution in [0.5, 0.6) is 0 Å². The van der Waals surface area contributed by atoms with E-state index in [1.165, 1.54) is 89.9 Å². The Morgan fingerprint density at radius 2 is 0.647 bits per heavy atom. The summed E-state index contributed by atoms with van der Waals surface area (Å²) in [5, 5.41) is 0. The van der Waals surface area contributed by atoms with Crippen LogP contribution in [-0.2, 0) is 33.2 Å². The van der Waals surface area contributed by atoms with Crippen LogP contribution < -0.4 is 0 Å². The Morgan fingerprint density at radius 1 is 0.333 bits per heavy atom. The smallest absolute Gasteiger partial charge is 0.180 e. The lowest BCUT2D eigenvalue weighted by atomic mass is 10.1. The molecule has 0 bridgehead atoms. The van der Waals surface area contributed by atoms with E-state index in [0.717, 1.165) is 64.2 Å². The number of allylic oxidation sites excluding steroid dienone is 2. The van der Waals surface area contributed by atoms with Crippen LogP contribution >= 0.6 is 0 Å². The monoisotopic (exact) mass is 727 g/mol. The molecule has 0 aliphatic carbocycles. The number of ether oxygens (including phenoxy) is 7. The molecular formula is C44H86O7. The van der Waals surface area contributed by atoms with Crippen LogP contribution in [0.25, 0.3) is 0 Å². The van der Waals surface area contributed by atoms with Crippen molar-refractivity contribution in [2.45, 2.75) is 221 Å². The lowest BCUT2D eigenvalue weighted by Gasteiger charge is -2.22. The molecule has 0 amide bonds. The Labute approximate surface area is 317 Å². The summed E-state index contributed by atoms with van der Waals surface area (Å²) >= 11 is 0. The van der Waals surface area contributed by atoms with Gasteiger partial charge < -0.3 is 33.2 Å². The minimum atomic E-state index is -0.483. The molecule has 0 N–H and O–H groups in total. The molecule has 2 atom stereocenters. The van der Waals surface area contributed by atoms with Crippen LogP contribution in [0.4, 0.5) is 0 Å². The maximum atomic E-state index is 6.53. The summed E-state index contributed by atoms with van der Waals surface area (Å²) in [6.07, 6.45) is 34.6. The first-order chi connectivity index (χ1) is 25.1. The molecule has 0 aliphatic heterocycles. The number of hydrogen-bond acceptors (Lipinski definition) is 7. The van der Waals surface area contributed by atoms with Gasteiger partial charge in [-0.15, -0.1) is 0 Å². The van der Waals surface area contributed by atoms with Gasteiger partial charge in [0.2, 0.25) is 0 Å². The highest BCUT2D eigenvalue weighted by molar-refractivity contribution is 4.90. The van der Waals surface area contributed by atoms with E-state index < -0.39 is 12.6 Å². The van der Waals surface area contributed by atoms with Gasteiger partial charge in [0.05, 0.1) is 13.2 Å². The van der Waals surface area contributed by atoms with Gasteiger partial charge in [-0.1, -0.05) is 144 Å². The average Bonchev–Trinajstić information content (AvgIpc) is 3.14. The second-order valence-corrected chi connectivity index (χ2v) is 13.9. The summed E-state index contributed by atoms with van der Waals surface area (Å²) in [5.41, 5.74) is 0. The topological polar surface area (TPSA) is 64.6 Å². The minimum absolute atomic E-state index is 0.177. The van der Waals surface area contributed by atoms with Crippen LogP contribution in [0.3, 0.4) is 0 Å². The number of rotatable bonds is 42. The highest BCUT2D eigenvalue weighted by Gasteiger charge is 2.15. The summed E-state index contributed by atoms with van der Waals surface area (Å²) in [4.78, 5) is 0. The van der Waals surface area contributed by atoms with Gasteiger partial charge in [0, 0.05) is 39.3 Å². The Balaban J connectivity index is 5.40. The Bertz CT molecular complexity index is 642. The molecule has 7 heteroatoms. The minimum Gasteiger partial charge on any atom is -0.353 e. The zero-order valence-corrected chi connectivity index (χ0v) is 34.7. The lowest BCUT2D eigenvalue weighted by Crippen LogP contribution is -2.25. The molecule has 2 unspecified atom stereocenters. The van der Waals surface area contributed by atoms with Crippen molar-refractivity contribution in [1.82, 2.24) is 0 Å². The van der Waals surface area contributed by atoms with E-state index in [9.17, 15) is 0 Å². The van der Waals surface area contributed by atoms with Gasteiger partial charge >= 0.3 is 0 Å². The van der Waals surface area contributed by atoms with Crippen molar-refractivity contribution in [2.24, 2.45) is 0 Å². The van der Waals surface area contributed by atoms with Gasteiger partial charge in [-0.3, -0.25) is 0 Å². The highest BCUT2D eigenvalue weighted by Crippen LogP contribution is 2.15. The zero-order chi connectivity index (χ0) is 37.3. The SMILES string of the molecule is CCCCCCCCCCOC(C=CCCC(OCCC)OCCC)OC(C=CCCC(OCCC)OCCC)OCCCCCCCCCC. The van der Waals surface area contributed by atoms with Crippen molar-refractivity contribution in [1.29, 1.82) is 0 Å². The van der Waals surface area contributed by atoms with E-state index in [0.29, 0.717) is 39.6 Å². The average molecular weight is 727 g/mol. The molecule has 0 aromatic carbocycles. The predicted octanol–water partition coefficient (Wildman–Crippen LogP) is 13.0. The Hall–Kier alpha value is -0.800. The summed E-state index contributed by atoms with van der Waals surface area (Å²) in [5.74, 6) is 0. The fourth-order valence-electron chi connectivity index (χ4n) is 5.59. The van der Waals surface area contributed by atoms with E-state index in [1.54, 1.807) is 0 Å². The molecule has 0 spiro atoms. The van der Waals surface area contributed by atoms with E-state index in [1.807, 2.05) is 0 Å². The van der Waals surface area contributed by atoms with Gasteiger partial charge in [-0.05, 0) is 63.5 Å². The molecule has 0 rings (SSSR count). The first kappa shape index (κ1) is 50.2. The summed E-state index contributed by atoms with van der Waals surface area (Å²) in [7, 11) is 0. The second-order valence-electron chi connectivity index (χ2n) is 13.9. The van der Waals surface area contributed by atoms with E-state index in [4.69, 9.17) is 33.2 Å². The fourth-order valence-corrected chi connectivity index (χ4v) is 5.59. The maximum absolute atomic E-state index is 6.53. The lowest BCUT2D eigenvalue weighted by molar-refractivity contribution is -0.208. The molecule has 51 heavy (non-hydrogen) atoms. The standard InChI is InChI=1S/C44H86O7/c1-7-13-15-17-19-21-23-29-39-49-43(33-27-25-31-41(45-35-9-3)46-36-10-4)51-44(50-40-30-24-22-20-18-16-14-8-2)34-28-26-32-42(47-37-11-5)48-38-12-6/h27-28,33-34,41-44H,7-26,29-32,35-40H2,1-6H3. The van der Waals surface area contributed by atoms with Crippen molar-refractivity contribution < 1.29 is 33.2 Å². The highest BCUT2D eigenvalue weighted by atomic mass is 16.8. The summed E-state index contributed by atoms with van der Waals surface area (Å²) < 4.78 is 43.0. The van der Waals surface area contributed by atoms with E-state index in [2.05, 4.69) is 65.8 Å². The molecular weight excluding hydrogens is 640 g/mol. The molecule has 0 fully saturated rings. The third-order valence-electron chi connectivity index (χ3n) is 8.58. The zero-order valence-electron chi connectivity index (χ0n) is 34.7. The molecule has 0 heterocycles. The second kappa shape index (κ2) is 41.9. The van der Waals surface area contributed by atoms with Crippen molar-refractivity contribution in [3.63, 3.8) is 0 Å². The van der Waals surface area contributed by atoms with Crippen molar-refractivity contribution in [3.8, 4) is 0 Å². The molecule has 0 saturated carbocycles. The third-order valence-corrected chi connectivity index (χ3v) is 8.58. The van der Waals surface area contributed by atoms with Crippen LogP contribution in [0, 0.1) is 0 Å². The van der Waals surface area contributed by atoms with Gasteiger partial charge in [-0.2, -0.15) is 0 Å². The molecule has 0 aliphatic rings. The fraction of sp³-hybridized carbons (Fsp3) is 0.909. The molecule has 0 radical (unpaired) electrons. The van der Waals surface area contributed by atoms with Crippen molar-refractivity contribution in [3.05, 3.63) is 24.3 Å². The van der Waals surface area contributed by atoms with Gasteiger partial charge in [0.25, 0.3) is 0 Å². The molecule has 304 valence electrons. The van der Waals surface area contributed by atoms with Gasteiger partial charge in [-0.25, -0.2) is 0 Å². The first-order valence-electron chi connectivity index (χ1n) is 21.8. The van der Waals surface area contributed by atoms with Crippen LogP contribution in [0.2, 0.25) is 0 Å². The van der Waals surface area contributed by atoms with Crippen LogP contribution in [0.15, 0.2) is 24.3 Å². The van der Waals surface area contributed by atoms with Crippen molar-refractivity contribution >= 4 is 0 Å². The summed E-state index contributed by atoms with van der Waals surface area (Å²) in [6.45, 7) is 17.3. The van der Waals surface area contributed by atoms with Crippen molar-refractivity contribution in [2.75, 3.05) is 39.6 Å². The third kappa shape index (κ3) is 36.0. The Morgan fingerprint density at radius 3 is 0.961 bits per heavy atom. The normalized spacial score (nSPS) is 13.5. The molecule has 0 aromatic rings. The Kier molecular flexibility index (Phi) is 41.3. The van der Waals surface area contributed by atoms with Crippen LogP contribution in [-0.4, -0.2) is 64.8 Å². The number of hydrogen-bond donors (Lipinski definition) is 0. The molecule has 0 aromatic heterocycles. The van der Waals surface area contributed by atoms with E-state index in [-0.39, 0.29) is 12.6 Å². The largest absolute Gasteiger partial charge is 0.353 e. The number of unbranched alkanes of at least 4 members (excludes halogenated alkanes) is 14. The molecule has 7 nitrogen and oxygen atoms in total.